The third-order valence-corrected chi connectivity index (χ3v) is 5.34. The van der Waals surface area contributed by atoms with Crippen molar-refractivity contribution in [1.82, 2.24) is 10.2 Å². The van der Waals surface area contributed by atoms with Crippen LogP contribution in [0.4, 0.5) is 4.39 Å². The summed E-state index contributed by atoms with van der Waals surface area (Å²) in [6.07, 6.45) is 2.56. The second-order valence-corrected chi connectivity index (χ2v) is 7.66. The molecule has 2 amide bonds. The highest BCUT2D eigenvalue weighted by Gasteiger charge is 2.25. The van der Waals surface area contributed by atoms with Crippen molar-refractivity contribution >= 4 is 11.8 Å². The summed E-state index contributed by atoms with van der Waals surface area (Å²) in [4.78, 5) is 27.3. The molecule has 0 aliphatic carbocycles. The summed E-state index contributed by atoms with van der Waals surface area (Å²) in [5.41, 5.74) is 1.69. The van der Waals surface area contributed by atoms with Crippen LogP contribution in [0.15, 0.2) is 42.5 Å². The van der Waals surface area contributed by atoms with Crippen LogP contribution >= 0.6 is 0 Å². The summed E-state index contributed by atoms with van der Waals surface area (Å²) in [5.74, 6) is 0.537. The highest BCUT2D eigenvalue weighted by atomic mass is 19.1. The first-order valence-electron chi connectivity index (χ1n) is 10.9. The number of benzene rings is 2. The average molecular weight is 445 g/mol. The van der Waals surface area contributed by atoms with Crippen LogP contribution in [0.1, 0.15) is 44.2 Å². The lowest BCUT2D eigenvalue weighted by molar-refractivity contribution is -0.140. The van der Waals surface area contributed by atoms with E-state index < -0.39 is 6.04 Å². The van der Waals surface area contributed by atoms with Crippen LogP contribution in [0.25, 0.3) is 0 Å². The minimum Gasteiger partial charge on any atom is -0.493 e. The smallest absolute Gasteiger partial charge is 0.242 e. The number of rotatable bonds is 12. The van der Waals surface area contributed by atoms with Gasteiger partial charge in [0, 0.05) is 19.5 Å². The molecule has 0 radical (unpaired) electrons. The van der Waals surface area contributed by atoms with E-state index in [1.54, 1.807) is 44.2 Å². The van der Waals surface area contributed by atoms with Gasteiger partial charge in [-0.3, -0.25) is 9.59 Å². The summed E-state index contributed by atoms with van der Waals surface area (Å²) in [6, 6.07) is 10.9. The van der Waals surface area contributed by atoms with Gasteiger partial charge in [0.2, 0.25) is 11.8 Å². The fraction of sp³-hybridized carbons (Fsp3) is 0.440. The van der Waals surface area contributed by atoms with Gasteiger partial charge < -0.3 is 19.7 Å². The fourth-order valence-corrected chi connectivity index (χ4v) is 3.34. The van der Waals surface area contributed by atoms with Crippen molar-refractivity contribution < 1.29 is 23.5 Å². The van der Waals surface area contributed by atoms with Crippen molar-refractivity contribution in [3.05, 3.63) is 59.4 Å². The molecule has 2 aromatic rings. The Morgan fingerprint density at radius 1 is 1.03 bits per heavy atom. The normalized spacial score (nSPS) is 11.5. The Kier molecular flexibility index (Phi) is 9.98. The first kappa shape index (κ1) is 25.2. The topological polar surface area (TPSA) is 67.9 Å². The zero-order chi connectivity index (χ0) is 23.5. The van der Waals surface area contributed by atoms with Gasteiger partial charge in [-0.15, -0.1) is 0 Å². The van der Waals surface area contributed by atoms with E-state index in [2.05, 4.69) is 5.32 Å². The number of hydrogen-bond acceptors (Lipinski definition) is 4. The molecular formula is C25H33FN2O4. The van der Waals surface area contributed by atoms with Gasteiger partial charge >= 0.3 is 0 Å². The Bertz CT molecular complexity index is 886. The number of amides is 2. The van der Waals surface area contributed by atoms with Gasteiger partial charge in [0.15, 0.2) is 11.5 Å². The van der Waals surface area contributed by atoms with Crippen LogP contribution in [0.3, 0.4) is 0 Å². The highest BCUT2D eigenvalue weighted by molar-refractivity contribution is 5.87. The van der Waals surface area contributed by atoms with E-state index in [1.165, 1.54) is 12.1 Å². The molecule has 0 unspecified atom stereocenters. The molecule has 0 fully saturated rings. The molecule has 2 aromatic carbocycles. The van der Waals surface area contributed by atoms with Crippen LogP contribution in [0, 0.1) is 5.82 Å². The first-order chi connectivity index (χ1) is 15.4. The average Bonchev–Trinajstić information content (AvgIpc) is 2.81. The Hall–Kier alpha value is -3.09. The Balaban J connectivity index is 2.13. The Labute approximate surface area is 189 Å². The van der Waals surface area contributed by atoms with Crippen molar-refractivity contribution in [2.24, 2.45) is 0 Å². The maximum atomic E-state index is 13.3. The lowest BCUT2D eigenvalue weighted by atomic mass is 10.1. The number of aryl methyl sites for hydroxylation is 1. The molecule has 7 heteroatoms. The maximum Gasteiger partial charge on any atom is 0.242 e. The van der Waals surface area contributed by atoms with Gasteiger partial charge in [-0.25, -0.2) is 4.39 Å². The molecule has 1 N–H and O–H groups in total. The maximum absolute atomic E-state index is 13.3. The van der Waals surface area contributed by atoms with Gasteiger partial charge in [-0.2, -0.15) is 0 Å². The lowest BCUT2D eigenvalue weighted by Crippen LogP contribution is -2.47. The predicted octanol–water partition coefficient (Wildman–Crippen LogP) is 4.11. The van der Waals surface area contributed by atoms with Crippen LogP contribution in [0.2, 0.25) is 0 Å². The monoisotopic (exact) mass is 444 g/mol. The number of nitrogens with one attached hydrogen (secondary N) is 1. The molecule has 0 aliphatic rings. The molecule has 0 spiro atoms. The van der Waals surface area contributed by atoms with E-state index in [-0.39, 0.29) is 30.6 Å². The lowest BCUT2D eigenvalue weighted by Gasteiger charge is -2.29. The van der Waals surface area contributed by atoms with E-state index in [9.17, 15) is 14.0 Å². The summed E-state index contributed by atoms with van der Waals surface area (Å²) in [7, 11) is 3.14. The number of carbonyl (C=O) groups is 2. The second kappa shape index (κ2) is 12.7. The summed E-state index contributed by atoms with van der Waals surface area (Å²) in [5, 5.41) is 2.89. The second-order valence-electron chi connectivity index (χ2n) is 7.66. The number of halogens is 1. The van der Waals surface area contributed by atoms with Gasteiger partial charge in [0.05, 0.1) is 14.2 Å². The summed E-state index contributed by atoms with van der Waals surface area (Å²) >= 11 is 0. The molecule has 0 saturated carbocycles. The molecule has 0 bridgehead atoms. The van der Waals surface area contributed by atoms with Crippen molar-refractivity contribution in [1.29, 1.82) is 0 Å². The molecular weight excluding hydrogens is 411 g/mol. The van der Waals surface area contributed by atoms with Gasteiger partial charge in [0.25, 0.3) is 0 Å². The standard InChI is InChI=1S/C25H33FN2O4/c1-5-6-15-27-25(30)18(2)28(17-20-7-11-21(26)12-8-20)24(29)14-10-19-9-13-22(31-3)23(16-19)32-4/h7-9,11-13,16,18H,5-6,10,14-15,17H2,1-4H3,(H,27,30)/t18-/m1/s1. The van der Waals surface area contributed by atoms with Crippen molar-refractivity contribution in [2.75, 3.05) is 20.8 Å². The predicted molar refractivity (Wildman–Crippen MR) is 122 cm³/mol. The molecule has 6 nitrogen and oxygen atoms in total. The minimum absolute atomic E-state index is 0.151. The van der Waals surface area contributed by atoms with Crippen LogP contribution in [-0.4, -0.2) is 43.5 Å². The van der Waals surface area contributed by atoms with E-state index in [4.69, 9.17) is 9.47 Å². The fourth-order valence-electron chi connectivity index (χ4n) is 3.34. The van der Waals surface area contributed by atoms with E-state index in [1.807, 2.05) is 19.1 Å². The van der Waals surface area contributed by atoms with Crippen LogP contribution < -0.4 is 14.8 Å². The van der Waals surface area contributed by atoms with Gasteiger partial charge in [-0.05, 0) is 55.2 Å². The first-order valence-corrected chi connectivity index (χ1v) is 10.9. The minimum atomic E-state index is -0.644. The van der Waals surface area contributed by atoms with Crippen LogP contribution in [0.5, 0.6) is 11.5 Å². The number of methoxy groups -OCH3 is 2. The van der Waals surface area contributed by atoms with Crippen molar-refractivity contribution in [3.63, 3.8) is 0 Å². The number of hydrogen-bond donors (Lipinski definition) is 1. The number of nitrogens with zero attached hydrogens (tertiary/aromatic N) is 1. The van der Waals surface area contributed by atoms with Crippen molar-refractivity contribution in [3.8, 4) is 11.5 Å². The molecule has 1 atom stereocenters. The van der Waals surface area contributed by atoms with Crippen molar-refractivity contribution in [2.45, 2.75) is 52.1 Å². The molecule has 32 heavy (non-hydrogen) atoms. The van der Waals surface area contributed by atoms with Gasteiger partial charge in [-0.1, -0.05) is 31.5 Å². The third-order valence-electron chi connectivity index (χ3n) is 5.34. The van der Waals surface area contributed by atoms with E-state index in [0.29, 0.717) is 24.5 Å². The van der Waals surface area contributed by atoms with E-state index >= 15 is 0 Å². The molecule has 174 valence electrons. The molecule has 2 rings (SSSR count). The Morgan fingerprint density at radius 2 is 1.69 bits per heavy atom. The molecule has 0 heterocycles. The number of ether oxygens (including phenoxy) is 2. The molecule has 0 aromatic heterocycles. The highest BCUT2D eigenvalue weighted by Crippen LogP contribution is 2.28. The quantitative estimate of drug-likeness (QED) is 0.501. The zero-order valence-electron chi connectivity index (χ0n) is 19.3. The molecule has 0 saturated heterocycles. The van der Waals surface area contributed by atoms with Gasteiger partial charge in [0.1, 0.15) is 11.9 Å². The SMILES string of the molecule is CCCCNC(=O)[C@@H](C)N(Cc1ccc(F)cc1)C(=O)CCc1ccc(OC)c(OC)c1. The largest absolute Gasteiger partial charge is 0.493 e. The van der Waals surface area contributed by atoms with E-state index in [0.717, 1.165) is 24.0 Å². The number of unbranched alkanes of at least 4 members (excludes halogenated alkanes) is 1. The third kappa shape index (κ3) is 7.25. The number of carbonyl (C=O) groups excluding carboxylic acids is 2. The zero-order valence-corrected chi connectivity index (χ0v) is 19.3. The Morgan fingerprint density at radius 3 is 2.31 bits per heavy atom. The summed E-state index contributed by atoms with van der Waals surface area (Å²) in [6.45, 7) is 4.57. The van der Waals surface area contributed by atoms with Crippen LogP contribution in [-0.2, 0) is 22.6 Å². The molecule has 0 aliphatic heterocycles. The summed E-state index contributed by atoms with van der Waals surface area (Å²) < 4.78 is 23.9.